The first kappa shape index (κ1) is 27.1. The van der Waals surface area contributed by atoms with Crippen LogP contribution in [-0.4, -0.2) is 28.3 Å². The van der Waals surface area contributed by atoms with Gasteiger partial charge >= 0.3 is 6.09 Å². The van der Waals surface area contributed by atoms with Crippen LogP contribution in [0.3, 0.4) is 0 Å². The van der Waals surface area contributed by atoms with Gasteiger partial charge in [-0.05, 0) is 56.7 Å². The van der Waals surface area contributed by atoms with E-state index in [9.17, 15) is 14.9 Å². The minimum absolute atomic E-state index is 0.154. The maximum Gasteiger partial charge on any atom is 0.415 e. The molecule has 0 aliphatic rings. The molecule has 0 aliphatic heterocycles. The molecule has 0 bridgehead atoms. The maximum absolute atomic E-state index is 14.0. The number of ether oxygens (including phenoxy) is 1. The Kier molecular flexibility index (Phi) is 7.43. The molecule has 2 aromatic carbocycles. The number of hydrogen-bond donors (Lipinski definition) is 0. The number of benzene rings is 2. The van der Waals surface area contributed by atoms with Crippen LogP contribution in [0.4, 0.5) is 10.6 Å². The number of aromatic nitrogens is 2. The highest BCUT2D eigenvalue weighted by Crippen LogP contribution is 2.39. The van der Waals surface area contributed by atoms with Gasteiger partial charge in [0.15, 0.2) is 0 Å². The Labute approximate surface area is 226 Å². The van der Waals surface area contributed by atoms with Gasteiger partial charge < -0.3 is 4.74 Å². The van der Waals surface area contributed by atoms with Gasteiger partial charge in [-0.2, -0.15) is 5.26 Å². The molecule has 0 saturated heterocycles. The second-order valence-corrected chi connectivity index (χ2v) is 11.7. The van der Waals surface area contributed by atoms with Crippen LogP contribution < -0.4 is 10.5 Å². The quantitative estimate of drug-likeness (QED) is 0.278. The lowest BCUT2D eigenvalue weighted by atomic mass is 9.96. The van der Waals surface area contributed by atoms with Gasteiger partial charge in [0, 0.05) is 30.1 Å². The number of thiazole rings is 1. The standard InChI is InChI=1S/C30H32N4O3S/c1-18(2)17-34-27(33(7)29(36)37-30(4,5)6)25(20-11-9-8-10-12-20)23-15-21(13-14-22(23)28(34)35)26-32-19(3)24(16-31)38-26/h8-15,18H,17H2,1-7H3. The van der Waals surface area contributed by atoms with Crippen LogP contribution >= 0.6 is 11.3 Å². The van der Waals surface area contributed by atoms with Crippen LogP contribution in [0.5, 0.6) is 0 Å². The smallest absolute Gasteiger partial charge is 0.415 e. The van der Waals surface area contributed by atoms with Crippen molar-refractivity contribution >= 4 is 34.0 Å². The van der Waals surface area contributed by atoms with Gasteiger partial charge in [-0.15, -0.1) is 11.3 Å². The number of aryl methyl sites for hydroxylation is 1. The third kappa shape index (κ3) is 5.34. The number of rotatable bonds is 5. The molecule has 4 aromatic rings. The van der Waals surface area contributed by atoms with E-state index in [0.717, 1.165) is 16.7 Å². The summed E-state index contributed by atoms with van der Waals surface area (Å²) in [5, 5.41) is 11.4. The van der Waals surface area contributed by atoms with Crippen LogP contribution in [0.25, 0.3) is 32.5 Å². The first-order valence-corrected chi connectivity index (χ1v) is 13.3. The highest BCUT2D eigenvalue weighted by Gasteiger charge is 2.28. The summed E-state index contributed by atoms with van der Waals surface area (Å²) in [4.78, 5) is 33.9. The number of anilines is 1. The number of fused-ring (bicyclic) bond motifs is 1. The zero-order valence-corrected chi connectivity index (χ0v) is 23.6. The highest BCUT2D eigenvalue weighted by atomic mass is 32.1. The molecule has 0 spiro atoms. The van der Waals surface area contributed by atoms with Crippen LogP contribution in [-0.2, 0) is 11.3 Å². The predicted octanol–water partition coefficient (Wildman–Crippen LogP) is 7.00. The minimum Gasteiger partial charge on any atom is -0.443 e. The molecule has 0 N–H and O–H groups in total. The minimum atomic E-state index is -0.702. The average molecular weight is 529 g/mol. The highest BCUT2D eigenvalue weighted by molar-refractivity contribution is 7.15. The SMILES string of the molecule is Cc1nc(-c2ccc3c(=O)n(CC(C)C)c(N(C)C(=O)OC(C)(C)C)c(-c4ccccc4)c3c2)sc1C#N. The molecule has 7 nitrogen and oxygen atoms in total. The average Bonchev–Trinajstić information content (AvgIpc) is 3.24. The Morgan fingerprint density at radius 3 is 2.39 bits per heavy atom. The van der Waals surface area contributed by atoms with Gasteiger partial charge in [0.25, 0.3) is 5.56 Å². The van der Waals surface area contributed by atoms with Crippen molar-refractivity contribution in [1.29, 1.82) is 5.26 Å². The van der Waals surface area contributed by atoms with Gasteiger partial charge in [0.1, 0.15) is 27.4 Å². The molecular formula is C30H32N4O3S. The van der Waals surface area contributed by atoms with Gasteiger partial charge in [-0.3, -0.25) is 14.3 Å². The molecule has 8 heteroatoms. The van der Waals surface area contributed by atoms with Crippen molar-refractivity contribution in [3.05, 3.63) is 69.5 Å². The number of amides is 1. The van der Waals surface area contributed by atoms with Crippen molar-refractivity contribution in [2.24, 2.45) is 5.92 Å². The second-order valence-electron chi connectivity index (χ2n) is 10.7. The van der Waals surface area contributed by atoms with Crippen LogP contribution in [0.15, 0.2) is 53.3 Å². The molecule has 0 unspecified atom stereocenters. The molecular weight excluding hydrogens is 496 g/mol. The Morgan fingerprint density at radius 1 is 1.13 bits per heavy atom. The Bertz CT molecular complexity index is 1610. The molecule has 2 aromatic heterocycles. The van der Waals surface area contributed by atoms with Gasteiger partial charge in [0.2, 0.25) is 0 Å². The molecule has 0 fully saturated rings. The zero-order chi connectivity index (χ0) is 27.8. The number of nitriles is 1. The van der Waals surface area contributed by atoms with Crippen LogP contribution in [0.1, 0.15) is 45.2 Å². The third-order valence-corrected chi connectivity index (χ3v) is 7.10. The Morgan fingerprint density at radius 2 is 1.82 bits per heavy atom. The summed E-state index contributed by atoms with van der Waals surface area (Å²) in [6.07, 6.45) is -0.545. The first-order valence-electron chi connectivity index (χ1n) is 12.5. The van der Waals surface area contributed by atoms with E-state index >= 15 is 0 Å². The molecule has 0 saturated carbocycles. The van der Waals surface area contributed by atoms with Crippen molar-refractivity contribution in [3.8, 4) is 27.8 Å². The third-order valence-electron chi connectivity index (χ3n) is 5.98. The molecule has 196 valence electrons. The van der Waals surface area contributed by atoms with Crippen molar-refractivity contribution in [3.63, 3.8) is 0 Å². The fourth-order valence-electron chi connectivity index (χ4n) is 4.38. The number of pyridine rings is 1. The predicted molar refractivity (Wildman–Crippen MR) is 154 cm³/mol. The molecule has 4 rings (SSSR count). The fourth-order valence-corrected chi connectivity index (χ4v) is 5.24. The van der Waals surface area contributed by atoms with Crippen LogP contribution in [0, 0.1) is 24.2 Å². The molecule has 1 amide bonds. The number of hydrogen-bond acceptors (Lipinski definition) is 6. The van der Waals surface area contributed by atoms with Crippen molar-refractivity contribution in [2.75, 3.05) is 11.9 Å². The van der Waals surface area contributed by atoms with Crippen LogP contribution in [0.2, 0.25) is 0 Å². The van der Waals surface area contributed by atoms with Crippen molar-refractivity contribution in [2.45, 2.75) is 53.7 Å². The first-order chi connectivity index (χ1) is 17.9. The van der Waals surface area contributed by atoms with E-state index < -0.39 is 11.7 Å². The molecule has 0 aliphatic carbocycles. The summed E-state index contributed by atoms with van der Waals surface area (Å²) in [5.74, 6) is 0.628. The van der Waals surface area contributed by atoms with E-state index in [-0.39, 0.29) is 11.5 Å². The lowest BCUT2D eigenvalue weighted by Gasteiger charge is -2.29. The summed E-state index contributed by atoms with van der Waals surface area (Å²) in [6.45, 7) is 11.8. The molecule has 38 heavy (non-hydrogen) atoms. The lowest BCUT2D eigenvalue weighted by Crippen LogP contribution is -2.38. The second kappa shape index (κ2) is 10.4. The van der Waals surface area contributed by atoms with E-state index in [4.69, 9.17) is 4.74 Å². The largest absolute Gasteiger partial charge is 0.443 e. The Hall–Kier alpha value is -3.96. The van der Waals surface area contributed by atoms with Crippen molar-refractivity contribution in [1.82, 2.24) is 9.55 Å². The zero-order valence-electron chi connectivity index (χ0n) is 22.8. The molecule has 0 radical (unpaired) electrons. The summed E-state index contributed by atoms with van der Waals surface area (Å²) in [5.41, 5.74) is 2.21. The van der Waals surface area contributed by atoms with Crippen molar-refractivity contribution < 1.29 is 9.53 Å². The summed E-state index contributed by atoms with van der Waals surface area (Å²) in [6, 6.07) is 17.6. The van der Waals surface area contributed by atoms with E-state index in [0.29, 0.717) is 38.7 Å². The van der Waals surface area contributed by atoms with E-state index in [1.165, 1.54) is 16.2 Å². The fraction of sp³-hybridized carbons (Fsp3) is 0.333. The number of carbonyl (C=O) groups is 1. The summed E-state index contributed by atoms with van der Waals surface area (Å²) < 4.78 is 7.39. The van der Waals surface area contributed by atoms with E-state index in [2.05, 4.69) is 11.1 Å². The van der Waals surface area contributed by atoms with Gasteiger partial charge in [-0.25, -0.2) is 9.78 Å². The monoisotopic (exact) mass is 528 g/mol. The normalized spacial score (nSPS) is 11.6. The molecule has 0 atom stereocenters. The van der Waals surface area contributed by atoms with E-state index in [1.54, 1.807) is 11.6 Å². The number of nitrogens with zero attached hydrogens (tertiary/aromatic N) is 4. The summed E-state index contributed by atoms with van der Waals surface area (Å²) >= 11 is 1.32. The van der Waals surface area contributed by atoms with Gasteiger partial charge in [-0.1, -0.05) is 50.2 Å². The topological polar surface area (TPSA) is 88.2 Å². The van der Waals surface area contributed by atoms with Gasteiger partial charge in [0.05, 0.1) is 5.69 Å². The van der Waals surface area contributed by atoms with E-state index in [1.807, 2.05) is 90.1 Å². The number of carbonyl (C=O) groups excluding carboxylic acids is 1. The maximum atomic E-state index is 14.0. The summed E-state index contributed by atoms with van der Waals surface area (Å²) in [7, 11) is 1.64. The lowest BCUT2D eigenvalue weighted by molar-refractivity contribution is 0.0587. The Balaban J connectivity index is 2.11. The molecule has 2 heterocycles.